The van der Waals surface area contributed by atoms with Crippen LogP contribution in [0, 0.1) is 6.92 Å². The minimum absolute atomic E-state index is 0.192. The molecule has 0 unspecified atom stereocenters. The summed E-state index contributed by atoms with van der Waals surface area (Å²) in [4.78, 5) is 40.5. The van der Waals surface area contributed by atoms with E-state index in [1.165, 1.54) is 15.5 Å². The van der Waals surface area contributed by atoms with Gasteiger partial charge in [0.25, 0.3) is 11.5 Å². The number of fused-ring (bicyclic) bond motifs is 1. The lowest BCUT2D eigenvalue weighted by molar-refractivity contribution is 0.0992. The van der Waals surface area contributed by atoms with Gasteiger partial charge in [0.05, 0.1) is 11.1 Å². The monoisotopic (exact) mass is 444 g/mol. The van der Waals surface area contributed by atoms with E-state index < -0.39 is 0 Å². The van der Waals surface area contributed by atoms with Crippen LogP contribution in [0.1, 0.15) is 31.8 Å². The van der Waals surface area contributed by atoms with Gasteiger partial charge >= 0.3 is 0 Å². The van der Waals surface area contributed by atoms with Crippen molar-refractivity contribution >= 4 is 39.9 Å². The summed E-state index contributed by atoms with van der Waals surface area (Å²) in [6.45, 7) is 1.95. The molecule has 0 fully saturated rings. The van der Waals surface area contributed by atoms with Crippen molar-refractivity contribution in [3.63, 3.8) is 0 Å². The predicted molar refractivity (Wildman–Crippen MR) is 128 cm³/mol. The fraction of sp³-hybridized carbons (Fsp3) is 0.115. The van der Waals surface area contributed by atoms with E-state index in [1.54, 1.807) is 56.6 Å². The van der Waals surface area contributed by atoms with Crippen molar-refractivity contribution in [1.82, 2.24) is 4.57 Å². The predicted octanol–water partition coefficient (Wildman–Crippen LogP) is 5.01. The number of nitrogens with zero attached hydrogens (tertiary/aromatic N) is 2. The molecule has 0 aliphatic rings. The third-order valence-corrected chi connectivity index (χ3v) is 5.79. The second-order valence-electron chi connectivity index (χ2n) is 7.73. The first-order chi connectivity index (χ1) is 15.3. The van der Waals surface area contributed by atoms with E-state index in [1.807, 2.05) is 31.2 Å². The lowest BCUT2D eigenvalue weighted by Crippen LogP contribution is -2.29. The minimum Gasteiger partial charge on any atom is -0.311 e. The number of aromatic nitrogens is 1. The maximum absolute atomic E-state index is 13.4. The molecule has 0 saturated carbocycles. The van der Waals surface area contributed by atoms with E-state index in [2.05, 4.69) is 0 Å². The molecule has 0 spiro atoms. The third-order valence-electron chi connectivity index (χ3n) is 5.54. The summed E-state index contributed by atoms with van der Waals surface area (Å²) in [5, 5.41) is 1.08. The quantitative estimate of drug-likeness (QED) is 0.416. The molecule has 32 heavy (non-hydrogen) atoms. The fourth-order valence-corrected chi connectivity index (χ4v) is 3.81. The number of hydrogen-bond acceptors (Lipinski definition) is 3. The highest BCUT2D eigenvalue weighted by Crippen LogP contribution is 2.24. The molecule has 3 aromatic carbocycles. The molecule has 0 N–H and O–H groups in total. The molecule has 0 saturated heterocycles. The first kappa shape index (κ1) is 21.5. The fourth-order valence-electron chi connectivity index (χ4n) is 3.68. The summed E-state index contributed by atoms with van der Waals surface area (Å²) in [5.74, 6) is -0.516. The maximum atomic E-state index is 13.4. The molecule has 0 atom stereocenters. The van der Waals surface area contributed by atoms with E-state index in [0.29, 0.717) is 27.1 Å². The topological polar surface area (TPSA) is 59.4 Å². The highest BCUT2D eigenvalue weighted by Gasteiger charge is 2.20. The maximum Gasteiger partial charge on any atom is 0.258 e. The Kier molecular flexibility index (Phi) is 5.68. The highest BCUT2D eigenvalue weighted by atomic mass is 35.5. The molecule has 0 radical (unpaired) electrons. The van der Waals surface area contributed by atoms with Gasteiger partial charge < -0.3 is 9.47 Å². The van der Waals surface area contributed by atoms with Crippen LogP contribution in [0.25, 0.3) is 10.9 Å². The van der Waals surface area contributed by atoms with Gasteiger partial charge in [-0.1, -0.05) is 23.7 Å². The number of halogens is 1. The number of amides is 1. The van der Waals surface area contributed by atoms with Crippen LogP contribution in [-0.2, 0) is 7.05 Å². The van der Waals surface area contributed by atoms with Gasteiger partial charge in [-0.3, -0.25) is 14.4 Å². The molecule has 5 nitrogen and oxygen atoms in total. The van der Waals surface area contributed by atoms with Crippen LogP contribution in [0.5, 0.6) is 0 Å². The van der Waals surface area contributed by atoms with Crippen molar-refractivity contribution < 1.29 is 9.59 Å². The van der Waals surface area contributed by atoms with E-state index in [-0.39, 0.29) is 22.8 Å². The van der Waals surface area contributed by atoms with Gasteiger partial charge in [0.15, 0.2) is 5.78 Å². The van der Waals surface area contributed by atoms with Gasteiger partial charge in [-0.05, 0) is 67.1 Å². The van der Waals surface area contributed by atoms with Gasteiger partial charge in [-0.25, -0.2) is 0 Å². The summed E-state index contributed by atoms with van der Waals surface area (Å²) in [7, 11) is 3.31. The zero-order chi connectivity index (χ0) is 23.0. The lowest BCUT2D eigenvalue weighted by atomic mass is 9.99. The van der Waals surface area contributed by atoms with Gasteiger partial charge in [0.1, 0.15) is 0 Å². The Morgan fingerprint density at radius 3 is 2.28 bits per heavy atom. The number of ketones is 1. The highest BCUT2D eigenvalue weighted by molar-refractivity contribution is 6.30. The number of hydrogen-bond donors (Lipinski definition) is 0. The Morgan fingerprint density at radius 1 is 0.906 bits per heavy atom. The van der Waals surface area contributed by atoms with Crippen molar-refractivity contribution in [2.45, 2.75) is 6.92 Å². The van der Waals surface area contributed by atoms with E-state index in [9.17, 15) is 14.4 Å². The number of pyridine rings is 1. The zero-order valence-electron chi connectivity index (χ0n) is 17.9. The number of benzene rings is 3. The van der Waals surface area contributed by atoms with Gasteiger partial charge in [0.2, 0.25) is 0 Å². The van der Waals surface area contributed by atoms with Crippen LogP contribution in [0.3, 0.4) is 0 Å². The first-order valence-electron chi connectivity index (χ1n) is 10.0. The normalized spacial score (nSPS) is 10.9. The largest absolute Gasteiger partial charge is 0.311 e. The van der Waals surface area contributed by atoms with Crippen molar-refractivity contribution in [3.05, 3.63) is 110 Å². The van der Waals surface area contributed by atoms with Crippen molar-refractivity contribution in [2.24, 2.45) is 7.05 Å². The Balaban J connectivity index is 1.84. The molecule has 1 aromatic heterocycles. The zero-order valence-corrected chi connectivity index (χ0v) is 18.7. The van der Waals surface area contributed by atoms with Gasteiger partial charge in [-0.2, -0.15) is 0 Å². The number of carbonyl (C=O) groups excluding carboxylic acids is 2. The van der Waals surface area contributed by atoms with E-state index >= 15 is 0 Å². The molecule has 4 rings (SSSR count). The van der Waals surface area contributed by atoms with Crippen LogP contribution in [0.2, 0.25) is 5.02 Å². The molecule has 4 aromatic rings. The molecule has 160 valence electrons. The Labute approximate surface area is 190 Å². The van der Waals surface area contributed by atoms with Crippen LogP contribution in [-0.4, -0.2) is 23.3 Å². The van der Waals surface area contributed by atoms with Crippen LogP contribution in [0.4, 0.5) is 5.69 Å². The molecular weight excluding hydrogens is 424 g/mol. The smallest absolute Gasteiger partial charge is 0.258 e. The van der Waals surface area contributed by atoms with Gasteiger partial charge in [0, 0.05) is 47.4 Å². The second-order valence-corrected chi connectivity index (χ2v) is 8.16. The summed E-state index contributed by atoms with van der Waals surface area (Å²) in [6, 6.07) is 20.6. The van der Waals surface area contributed by atoms with E-state index in [0.717, 1.165) is 11.3 Å². The average molecular weight is 445 g/mol. The molecule has 6 heteroatoms. The first-order valence-corrected chi connectivity index (χ1v) is 10.4. The second kappa shape index (κ2) is 8.44. The molecule has 0 aliphatic carbocycles. The number of rotatable bonds is 4. The standard InChI is InChI=1S/C26H21ClN2O3/c1-16-5-4-6-20(13-16)28(2)26(32)22-15-24(30)29(3)23-12-9-18(14-21(22)23)25(31)17-7-10-19(27)11-8-17/h4-15H,1-3H3. The Bertz CT molecular complexity index is 1420. The molecule has 0 aliphatic heterocycles. The van der Waals surface area contributed by atoms with Crippen molar-refractivity contribution in [1.29, 1.82) is 0 Å². The number of carbonyl (C=O) groups is 2. The summed E-state index contributed by atoms with van der Waals surface area (Å²) in [5.41, 5.74) is 3.18. The molecule has 0 bridgehead atoms. The summed E-state index contributed by atoms with van der Waals surface area (Å²) >= 11 is 5.93. The number of anilines is 1. The van der Waals surface area contributed by atoms with E-state index in [4.69, 9.17) is 11.6 Å². The average Bonchev–Trinajstić information content (AvgIpc) is 2.80. The van der Waals surface area contributed by atoms with Crippen LogP contribution in [0.15, 0.2) is 77.6 Å². The third kappa shape index (κ3) is 3.95. The summed E-state index contributed by atoms with van der Waals surface area (Å²) in [6.07, 6.45) is 0. The molecule has 1 heterocycles. The van der Waals surface area contributed by atoms with Crippen molar-refractivity contribution in [2.75, 3.05) is 11.9 Å². The van der Waals surface area contributed by atoms with Gasteiger partial charge in [-0.15, -0.1) is 0 Å². The van der Waals surface area contributed by atoms with Crippen LogP contribution >= 0.6 is 11.6 Å². The lowest BCUT2D eigenvalue weighted by Gasteiger charge is -2.19. The number of aryl methyl sites for hydroxylation is 2. The molecule has 1 amide bonds. The molecular formula is C26H21ClN2O3. The Morgan fingerprint density at radius 2 is 1.59 bits per heavy atom. The minimum atomic E-state index is -0.325. The van der Waals surface area contributed by atoms with Crippen LogP contribution < -0.4 is 10.5 Å². The SMILES string of the molecule is Cc1cccc(N(C)C(=O)c2cc(=O)n(C)c3ccc(C(=O)c4ccc(Cl)cc4)cc23)c1. The summed E-state index contributed by atoms with van der Waals surface area (Å²) < 4.78 is 1.47. The Hall–Kier alpha value is -3.70. The van der Waals surface area contributed by atoms with Crippen molar-refractivity contribution in [3.8, 4) is 0 Å².